The molecule has 22 heavy (non-hydrogen) atoms. The van der Waals surface area contributed by atoms with Gasteiger partial charge < -0.3 is 18.9 Å². The minimum Gasteiger partial charge on any atom is -0.481 e. The fourth-order valence-corrected chi connectivity index (χ4v) is 2.08. The van der Waals surface area contributed by atoms with Gasteiger partial charge >= 0.3 is 6.01 Å². The van der Waals surface area contributed by atoms with Gasteiger partial charge in [-0.2, -0.15) is 0 Å². The molecule has 0 atom stereocenters. The molecule has 0 aromatic carbocycles. The zero-order chi connectivity index (χ0) is 15.5. The first-order valence-electron chi connectivity index (χ1n) is 6.80. The van der Waals surface area contributed by atoms with Crippen LogP contribution in [-0.2, 0) is 6.54 Å². The highest BCUT2D eigenvalue weighted by Crippen LogP contribution is 2.26. The second kappa shape index (κ2) is 5.88. The molecule has 0 unspecified atom stereocenters. The molecule has 3 rings (SSSR count). The maximum Gasteiger partial charge on any atom is 0.316 e. The van der Waals surface area contributed by atoms with Crippen molar-refractivity contribution in [2.75, 3.05) is 12.4 Å². The van der Waals surface area contributed by atoms with E-state index in [4.69, 9.17) is 13.6 Å². The van der Waals surface area contributed by atoms with Crippen LogP contribution >= 0.6 is 0 Å². The van der Waals surface area contributed by atoms with Crippen LogP contribution < -0.4 is 10.1 Å². The van der Waals surface area contributed by atoms with E-state index >= 15 is 0 Å². The van der Waals surface area contributed by atoms with Gasteiger partial charge in [-0.05, 0) is 26.0 Å². The molecule has 7 nitrogen and oxygen atoms in total. The third-order valence-electron chi connectivity index (χ3n) is 3.11. The molecule has 3 heterocycles. The van der Waals surface area contributed by atoms with E-state index in [1.54, 1.807) is 13.2 Å². The lowest BCUT2D eigenvalue weighted by molar-refractivity contribution is 0.396. The molecule has 0 aliphatic carbocycles. The summed E-state index contributed by atoms with van der Waals surface area (Å²) in [5.74, 6) is 2.55. The van der Waals surface area contributed by atoms with Gasteiger partial charge in [0.15, 0.2) is 0 Å². The van der Waals surface area contributed by atoms with Crippen molar-refractivity contribution in [3.05, 3.63) is 41.5 Å². The van der Waals surface area contributed by atoms with Crippen LogP contribution in [0.15, 0.2) is 33.1 Å². The molecule has 0 spiro atoms. The van der Waals surface area contributed by atoms with Crippen molar-refractivity contribution in [3.8, 4) is 17.3 Å². The van der Waals surface area contributed by atoms with Crippen molar-refractivity contribution in [3.63, 3.8) is 0 Å². The monoisotopic (exact) mass is 300 g/mol. The van der Waals surface area contributed by atoms with Crippen LogP contribution in [0.4, 0.5) is 6.01 Å². The normalized spacial score (nSPS) is 10.7. The molecule has 0 saturated carbocycles. The van der Waals surface area contributed by atoms with Crippen LogP contribution in [0.25, 0.3) is 11.5 Å². The molecule has 0 radical (unpaired) electrons. The third-order valence-corrected chi connectivity index (χ3v) is 3.11. The quantitative estimate of drug-likeness (QED) is 0.775. The molecule has 7 heteroatoms. The Balaban J connectivity index is 1.70. The minimum atomic E-state index is 0.331. The summed E-state index contributed by atoms with van der Waals surface area (Å²) in [5, 5.41) is 11.0. The SMILES string of the molecule is COc1cccc(CNc2nnc(-c3cc(C)oc3C)o2)n1. The number of pyridine rings is 1. The van der Waals surface area contributed by atoms with Crippen LogP contribution in [0.1, 0.15) is 17.2 Å². The minimum absolute atomic E-state index is 0.331. The number of hydrogen-bond donors (Lipinski definition) is 1. The fourth-order valence-electron chi connectivity index (χ4n) is 2.08. The highest BCUT2D eigenvalue weighted by molar-refractivity contribution is 5.56. The van der Waals surface area contributed by atoms with E-state index < -0.39 is 0 Å². The largest absolute Gasteiger partial charge is 0.481 e. The molecule has 3 aromatic rings. The average molecular weight is 300 g/mol. The van der Waals surface area contributed by atoms with Crippen LogP contribution in [0.3, 0.4) is 0 Å². The van der Waals surface area contributed by atoms with Gasteiger partial charge in [0, 0.05) is 6.07 Å². The maximum atomic E-state index is 5.59. The Bertz CT molecular complexity index is 779. The van der Waals surface area contributed by atoms with Crippen molar-refractivity contribution in [2.24, 2.45) is 0 Å². The van der Waals surface area contributed by atoms with E-state index in [9.17, 15) is 0 Å². The topological polar surface area (TPSA) is 86.2 Å². The molecule has 0 aliphatic heterocycles. The Morgan fingerprint density at radius 1 is 1.18 bits per heavy atom. The molecule has 0 saturated heterocycles. The summed E-state index contributed by atoms with van der Waals surface area (Å²) >= 11 is 0. The summed E-state index contributed by atoms with van der Waals surface area (Å²) in [7, 11) is 1.58. The predicted octanol–water partition coefficient (Wildman–Crippen LogP) is 2.96. The maximum absolute atomic E-state index is 5.59. The first-order valence-corrected chi connectivity index (χ1v) is 6.80. The number of aryl methyl sites for hydroxylation is 2. The fraction of sp³-hybridized carbons (Fsp3) is 0.267. The van der Waals surface area contributed by atoms with Crippen LogP contribution in [0.2, 0.25) is 0 Å². The third kappa shape index (κ3) is 2.93. The van der Waals surface area contributed by atoms with Crippen molar-refractivity contribution in [1.82, 2.24) is 15.2 Å². The summed E-state index contributed by atoms with van der Waals surface area (Å²) < 4.78 is 16.1. The molecule has 3 aromatic heterocycles. The predicted molar refractivity (Wildman–Crippen MR) is 79.6 cm³/mol. The van der Waals surface area contributed by atoms with Crippen LogP contribution in [-0.4, -0.2) is 22.3 Å². The number of aromatic nitrogens is 3. The van der Waals surface area contributed by atoms with Gasteiger partial charge in [0.25, 0.3) is 5.89 Å². The number of nitrogens with zero attached hydrogens (tertiary/aromatic N) is 3. The summed E-state index contributed by atoms with van der Waals surface area (Å²) in [6.45, 7) is 4.20. The molecule has 0 amide bonds. The molecular formula is C15H16N4O3. The first kappa shape index (κ1) is 14.1. The van der Waals surface area contributed by atoms with Gasteiger partial charge in [-0.3, -0.25) is 0 Å². The Labute approximate surface area is 127 Å². The van der Waals surface area contributed by atoms with Crippen molar-refractivity contribution in [1.29, 1.82) is 0 Å². The highest BCUT2D eigenvalue weighted by atomic mass is 16.5. The second-order valence-electron chi connectivity index (χ2n) is 4.76. The number of ether oxygens (including phenoxy) is 1. The number of nitrogens with one attached hydrogen (secondary N) is 1. The lowest BCUT2D eigenvalue weighted by Crippen LogP contribution is -2.02. The zero-order valence-electron chi connectivity index (χ0n) is 12.6. The Kier molecular flexibility index (Phi) is 3.78. The molecule has 0 fully saturated rings. The average Bonchev–Trinajstić information content (AvgIpc) is 3.11. The van der Waals surface area contributed by atoms with Gasteiger partial charge in [-0.1, -0.05) is 11.2 Å². The van der Waals surface area contributed by atoms with Gasteiger partial charge in [0.1, 0.15) is 11.5 Å². The molecule has 1 N–H and O–H groups in total. The standard InChI is InChI=1S/C15H16N4O3/c1-9-7-12(10(2)21-9)14-18-19-15(22-14)16-8-11-5-4-6-13(17-11)20-3/h4-7H,8H2,1-3H3,(H,16,19). The zero-order valence-corrected chi connectivity index (χ0v) is 12.6. The van der Waals surface area contributed by atoms with Crippen molar-refractivity contribution >= 4 is 6.01 Å². The van der Waals surface area contributed by atoms with E-state index in [0.29, 0.717) is 24.3 Å². The van der Waals surface area contributed by atoms with Crippen LogP contribution in [0.5, 0.6) is 5.88 Å². The second-order valence-corrected chi connectivity index (χ2v) is 4.76. The Morgan fingerprint density at radius 2 is 2.05 bits per heavy atom. The smallest absolute Gasteiger partial charge is 0.316 e. The van der Waals surface area contributed by atoms with Gasteiger partial charge in [-0.15, -0.1) is 5.10 Å². The van der Waals surface area contributed by atoms with E-state index in [1.165, 1.54) is 0 Å². The molecule has 114 valence electrons. The summed E-state index contributed by atoms with van der Waals surface area (Å²) in [6.07, 6.45) is 0. The number of anilines is 1. The Hall–Kier alpha value is -2.83. The van der Waals surface area contributed by atoms with E-state index in [2.05, 4.69) is 20.5 Å². The molecule has 0 aliphatic rings. The number of furan rings is 1. The van der Waals surface area contributed by atoms with Gasteiger partial charge in [0.2, 0.25) is 5.88 Å². The lowest BCUT2D eigenvalue weighted by atomic mass is 10.2. The summed E-state index contributed by atoms with van der Waals surface area (Å²) in [5.41, 5.74) is 1.62. The number of methoxy groups -OCH3 is 1. The van der Waals surface area contributed by atoms with Crippen molar-refractivity contribution < 1.29 is 13.6 Å². The summed E-state index contributed by atoms with van der Waals surface area (Å²) in [6, 6.07) is 7.75. The van der Waals surface area contributed by atoms with E-state index in [0.717, 1.165) is 22.8 Å². The number of rotatable bonds is 5. The molecule has 0 bridgehead atoms. The van der Waals surface area contributed by atoms with E-state index in [1.807, 2.05) is 32.0 Å². The molecular weight excluding hydrogens is 284 g/mol. The van der Waals surface area contributed by atoms with Gasteiger partial charge in [0.05, 0.1) is 24.9 Å². The van der Waals surface area contributed by atoms with Crippen LogP contribution in [0, 0.1) is 13.8 Å². The Morgan fingerprint density at radius 3 is 2.77 bits per heavy atom. The summed E-state index contributed by atoms with van der Waals surface area (Å²) in [4.78, 5) is 4.30. The lowest BCUT2D eigenvalue weighted by Gasteiger charge is -2.03. The van der Waals surface area contributed by atoms with E-state index in [-0.39, 0.29) is 0 Å². The number of hydrogen-bond acceptors (Lipinski definition) is 7. The highest BCUT2D eigenvalue weighted by Gasteiger charge is 2.14. The van der Waals surface area contributed by atoms with Crippen molar-refractivity contribution in [2.45, 2.75) is 20.4 Å². The van der Waals surface area contributed by atoms with Gasteiger partial charge in [-0.25, -0.2) is 4.98 Å². The first-order chi connectivity index (χ1) is 10.7.